The molecule has 0 aliphatic carbocycles. The van der Waals surface area contributed by atoms with Crippen molar-refractivity contribution in [1.82, 2.24) is 14.7 Å². The second kappa shape index (κ2) is 10.0. The Hall–Kier alpha value is -2.78. The Kier molecular flexibility index (Phi) is 7.09. The largest absolute Gasteiger partial charge is 0.416 e. The monoisotopic (exact) mass is 474 g/mol. The molecule has 1 N–H and O–H groups in total. The molecule has 3 aromatic rings. The predicted molar refractivity (Wildman–Crippen MR) is 125 cm³/mol. The zero-order chi connectivity index (χ0) is 23.4. The molecule has 1 aromatic heterocycles. The molecule has 1 amide bonds. The van der Waals surface area contributed by atoms with E-state index >= 15 is 0 Å². The molecule has 2 heterocycles. The van der Waals surface area contributed by atoms with Crippen molar-refractivity contribution in [3.8, 4) is 5.69 Å². The molecule has 0 unspecified atom stereocenters. The average Bonchev–Trinajstić information content (AvgIpc) is 3.20. The van der Waals surface area contributed by atoms with Crippen LogP contribution in [0.15, 0.2) is 54.7 Å². The number of nitrogens with zero attached hydrogens (tertiary/aromatic N) is 3. The summed E-state index contributed by atoms with van der Waals surface area (Å²) < 4.78 is 40.4. The zero-order valence-corrected chi connectivity index (χ0v) is 19.0. The first-order valence-electron chi connectivity index (χ1n) is 10.7. The maximum absolute atomic E-state index is 13.0. The van der Waals surface area contributed by atoms with E-state index in [4.69, 9.17) is 0 Å². The van der Waals surface area contributed by atoms with Gasteiger partial charge in [-0.15, -0.1) is 0 Å². The molecule has 1 fully saturated rings. The van der Waals surface area contributed by atoms with Crippen molar-refractivity contribution in [3.63, 3.8) is 0 Å². The van der Waals surface area contributed by atoms with Gasteiger partial charge in [0.1, 0.15) is 0 Å². The Balaban J connectivity index is 1.40. The molecule has 1 saturated heterocycles. The van der Waals surface area contributed by atoms with Crippen LogP contribution in [0.1, 0.15) is 27.2 Å². The number of benzene rings is 2. The number of thioether (sulfide) groups is 1. The van der Waals surface area contributed by atoms with Gasteiger partial charge in [-0.25, -0.2) is 4.68 Å². The molecule has 174 valence electrons. The third-order valence-electron chi connectivity index (χ3n) is 5.70. The Bertz CT molecular complexity index is 1110. The van der Waals surface area contributed by atoms with E-state index in [2.05, 4.69) is 15.3 Å². The minimum absolute atomic E-state index is 0.248. The van der Waals surface area contributed by atoms with E-state index in [-0.39, 0.29) is 11.6 Å². The Morgan fingerprint density at radius 1 is 1.12 bits per heavy atom. The van der Waals surface area contributed by atoms with Crippen molar-refractivity contribution in [2.45, 2.75) is 19.5 Å². The summed E-state index contributed by atoms with van der Waals surface area (Å²) in [5.74, 6) is 2.02. The van der Waals surface area contributed by atoms with Crippen LogP contribution in [0.5, 0.6) is 0 Å². The van der Waals surface area contributed by atoms with E-state index < -0.39 is 11.7 Å². The number of carbonyl (C=O) groups excluding carboxylic acids is 1. The number of hydrogen-bond donors (Lipinski definition) is 1. The predicted octanol–water partition coefficient (Wildman–Crippen LogP) is 5.04. The molecule has 33 heavy (non-hydrogen) atoms. The molecule has 4 rings (SSSR count). The first kappa shape index (κ1) is 23.4. The molecular weight excluding hydrogens is 449 g/mol. The van der Waals surface area contributed by atoms with Gasteiger partial charge in [0.15, 0.2) is 0 Å². The standard InChI is InChI=1S/C24H25F3N4OS/c1-17-22(16-28-31(17)21-4-2-3-19(15-21)24(25,26)27)23(32)29-20-7-5-18(6-8-20)9-10-30-11-13-33-14-12-30/h2-8,15-16H,9-14H2,1H3,(H,29,32). The van der Waals surface area contributed by atoms with E-state index in [9.17, 15) is 18.0 Å². The van der Waals surface area contributed by atoms with Crippen LogP contribution in [0.3, 0.4) is 0 Å². The van der Waals surface area contributed by atoms with Crippen LogP contribution in [-0.4, -0.2) is 51.7 Å². The fourth-order valence-corrected chi connectivity index (χ4v) is 4.75. The molecule has 0 radical (unpaired) electrons. The van der Waals surface area contributed by atoms with Gasteiger partial charge in [-0.1, -0.05) is 18.2 Å². The van der Waals surface area contributed by atoms with E-state index in [1.54, 1.807) is 6.92 Å². The fourth-order valence-electron chi connectivity index (χ4n) is 3.77. The summed E-state index contributed by atoms with van der Waals surface area (Å²) in [5, 5.41) is 6.98. The summed E-state index contributed by atoms with van der Waals surface area (Å²) >= 11 is 2.00. The number of alkyl halides is 3. The maximum Gasteiger partial charge on any atom is 0.416 e. The molecule has 1 aliphatic rings. The van der Waals surface area contributed by atoms with Crippen molar-refractivity contribution in [2.75, 3.05) is 36.5 Å². The van der Waals surface area contributed by atoms with E-state index in [0.717, 1.165) is 38.2 Å². The highest BCUT2D eigenvalue weighted by molar-refractivity contribution is 7.99. The molecule has 0 bridgehead atoms. The van der Waals surface area contributed by atoms with Crippen LogP contribution in [-0.2, 0) is 12.6 Å². The van der Waals surface area contributed by atoms with Gasteiger partial charge in [-0.05, 0) is 49.2 Å². The van der Waals surface area contributed by atoms with Crippen molar-refractivity contribution in [2.24, 2.45) is 0 Å². The number of hydrogen-bond acceptors (Lipinski definition) is 4. The van der Waals surface area contributed by atoms with E-state index in [1.165, 1.54) is 40.1 Å². The first-order valence-corrected chi connectivity index (χ1v) is 11.9. The van der Waals surface area contributed by atoms with Gasteiger partial charge in [-0.2, -0.15) is 30.0 Å². The van der Waals surface area contributed by atoms with E-state index in [0.29, 0.717) is 16.9 Å². The number of halogens is 3. The highest BCUT2D eigenvalue weighted by atomic mass is 32.2. The Labute approximate surface area is 195 Å². The van der Waals surface area contributed by atoms with Gasteiger partial charge in [0.2, 0.25) is 0 Å². The second-order valence-electron chi connectivity index (χ2n) is 7.96. The normalized spacial score (nSPS) is 14.9. The average molecular weight is 475 g/mol. The molecule has 0 spiro atoms. The number of amides is 1. The van der Waals surface area contributed by atoms with Crippen LogP contribution < -0.4 is 5.32 Å². The summed E-state index contributed by atoms with van der Waals surface area (Å²) in [6.45, 7) is 4.95. The fraction of sp³-hybridized carbons (Fsp3) is 0.333. The van der Waals surface area contributed by atoms with E-state index in [1.807, 2.05) is 36.0 Å². The van der Waals surface area contributed by atoms with Crippen LogP contribution in [0, 0.1) is 6.92 Å². The van der Waals surface area contributed by atoms with Gasteiger partial charge in [0.25, 0.3) is 5.91 Å². The van der Waals surface area contributed by atoms with Crippen LogP contribution in [0.4, 0.5) is 18.9 Å². The summed E-state index contributed by atoms with van der Waals surface area (Å²) in [7, 11) is 0. The summed E-state index contributed by atoms with van der Waals surface area (Å²) in [6.07, 6.45) is -2.12. The molecule has 9 heteroatoms. The zero-order valence-electron chi connectivity index (χ0n) is 18.2. The Morgan fingerprint density at radius 3 is 2.55 bits per heavy atom. The first-order chi connectivity index (χ1) is 15.8. The van der Waals surface area contributed by atoms with Gasteiger partial charge < -0.3 is 10.2 Å². The number of carbonyl (C=O) groups is 1. The van der Waals surface area contributed by atoms with Crippen LogP contribution in [0.25, 0.3) is 5.69 Å². The van der Waals surface area contributed by atoms with Crippen molar-refractivity contribution in [1.29, 1.82) is 0 Å². The number of aromatic nitrogens is 2. The smallest absolute Gasteiger partial charge is 0.322 e. The summed E-state index contributed by atoms with van der Waals surface area (Å²) in [5.41, 5.74) is 2.12. The van der Waals surface area contributed by atoms with Crippen molar-refractivity contribution in [3.05, 3.63) is 77.1 Å². The maximum atomic E-state index is 13.0. The third-order valence-corrected chi connectivity index (χ3v) is 6.65. The lowest BCUT2D eigenvalue weighted by Crippen LogP contribution is -2.34. The topological polar surface area (TPSA) is 50.2 Å². The van der Waals surface area contributed by atoms with Gasteiger partial charge in [-0.3, -0.25) is 4.79 Å². The third kappa shape index (κ3) is 5.78. The Morgan fingerprint density at radius 2 is 1.85 bits per heavy atom. The molecule has 0 saturated carbocycles. The molecule has 0 atom stereocenters. The highest BCUT2D eigenvalue weighted by Crippen LogP contribution is 2.30. The lowest BCUT2D eigenvalue weighted by molar-refractivity contribution is -0.137. The second-order valence-corrected chi connectivity index (χ2v) is 9.18. The molecular formula is C24H25F3N4OS. The molecule has 5 nitrogen and oxygen atoms in total. The van der Waals surface area contributed by atoms with Crippen molar-refractivity contribution >= 4 is 23.4 Å². The number of nitrogens with one attached hydrogen (secondary N) is 1. The quantitative estimate of drug-likeness (QED) is 0.544. The lowest BCUT2D eigenvalue weighted by Gasteiger charge is -2.26. The number of anilines is 1. The lowest BCUT2D eigenvalue weighted by atomic mass is 10.1. The van der Waals surface area contributed by atoms with Crippen LogP contribution >= 0.6 is 11.8 Å². The molecule has 2 aromatic carbocycles. The van der Waals surface area contributed by atoms with Gasteiger partial charge in [0.05, 0.1) is 28.7 Å². The highest BCUT2D eigenvalue weighted by Gasteiger charge is 2.30. The minimum atomic E-state index is -4.45. The summed E-state index contributed by atoms with van der Waals surface area (Å²) in [6, 6.07) is 12.6. The molecule has 1 aliphatic heterocycles. The SMILES string of the molecule is Cc1c(C(=O)Nc2ccc(CCN3CCSCC3)cc2)cnn1-c1cccc(C(F)(F)F)c1. The van der Waals surface area contributed by atoms with Crippen molar-refractivity contribution < 1.29 is 18.0 Å². The summed E-state index contributed by atoms with van der Waals surface area (Å²) in [4.78, 5) is 15.2. The number of rotatable bonds is 6. The minimum Gasteiger partial charge on any atom is -0.322 e. The van der Waals surface area contributed by atoms with Crippen LogP contribution in [0.2, 0.25) is 0 Å². The van der Waals surface area contributed by atoms with Gasteiger partial charge in [0, 0.05) is 36.8 Å². The van der Waals surface area contributed by atoms with Gasteiger partial charge >= 0.3 is 6.18 Å².